The molecule has 1 fully saturated rings. The summed E-state index contributed by atoms with van der Waals surface area (Å²) in [5.74, 6) is 1.85. The Morgan fingerprint density at radius 1 is 1.33 bits per heavy atom. The third kappa shape index (κ3) is 3.84. The second kappa shape index (κ2) is 7.17. The van der Waals surface area contributed by atoms with E-state index in [9.17, 15) is 0 Å². The average Bonchev–Trinajstić information content (AvgIpc) is 3.33. The van der Waals surface area contributed by atoms with E-state index in [4.69, 9.17) is 9.47 Å². The minimum absolute atomic E-state index is 0.552. The number of aliphatic imine (C=N–C) groups is 1. The molecule has 2 aromatic rings. The van der Waals surface area contributed by atoms with Crippen LogP contribution in [0.15, 0.2) is 17.1 Å². The summed E-state index contributed by atoms with van der Waals surface area (Å²) >= 11 is 1.51. The van der Waals surface area contributed by atoms with E-state index in [0.717, 1.165) is 22.8 Å². The molecule has 24 heavy (non-hydrogen) atoms. The lowest BCUT2D eigenvalue weighted by Gasteiger charge is -2.12. The molecule has 0 radical (unpaired) electrons. The number of hydrogen-bond donors (Lipinski definition) is 0. The normalized spacial score (nSPS) is 14.2. The molecule has 0 saturated heterocycles. The van der Waals surface area contributed by atoms with Gasteiger partial charge in [-0.1, -0.05) is 16.4 Å². The molecule has 0 aliphatic heterocycles. The number of aryl methyl sites for hydroxylation is 1. The van der Waals surface area contributed by atoms with E-state index in [1.54, 1.807) is 7.11 Å². The molecule has 7 heteroatoms. The zero-order valence-electron chi connectivity index (χ0n) is 14.4. The van der Waals surface area contributed by atoms with Crippen molar-refractivity contribution < 1.29 is 9.47 Å². The molecule has 6 nitrogen and oxygen atoms in total. The van der Waals surface area contributed by atoms with Crippen molar-refractivity contribution in [2.45, 2.75) is 32.6 Å². The van der Waals surface area contributed by atoms with E-state index >= 15 is 0 Å². The van der Waals surface area contributed by atoms with Crippen LogP contribution in [0.5, 0.6) is 16.7 Å². The molecule has 0 atom stereocenters. The molecule has 1 heterocycles. The van der Waals surface area contributed by atoms with Crippen molar-refractivity contribution in [3.63, 3.8) is 0 Å². The molecular formula is C17H22N4O2S. The standard InChI is InChI=1S/C17H22N4O2S/c1-5-21(3)10-18-13-9-14(22-4)15(8-11(13)2)23-17-20-19-16(24-17)12-6-7-12/h8-10,12H,5-7H2,1-4H3/b18-10+. The molecule has 128 valence electrons. The number of methoxy groups -OCH3 is 1. The highest BCUT2D eigenvalue weighted by atomic mass is 32.1. The number of hydrogen-bond acceptors (Lipinski definition) is 6. The molecule has 0 bridgehead atoms. The predicted molar refractivity (Wildman–Crippen MR) is 96.1 cm³/mol. The fourth-order valence-corrected chi connectivity index (χ4v) is 3.00. The molecule has 0 N–H and O–H groups in total. The van der Waals surface area contributed by atoms with Crippen molar-refractivity contribution in [1.82, 2.24) is 15.1 Å². The zero-order chi connectivity index (χ0) is 17.1. The Kier molecular flexibility index (Phi) is 4.99. The Hall–Kier alpha value is -2.15. The molecule has 1 aliphatic carbocycles. The summed E-state index contributed by atoms with van der Waals surface area (Å²) in [6.07, 6.45) is 4.22. The molecule has 0 unspecified atom stereocenters. The van der Waals surface area contributed by atoms with Crippen molar-refractivity contribution in [2.75, 3.05) is 20.7 Å². The van der Waals surface area contributed by atoms with Gasteiger partial charge in [0.05, 0.1) is 19.1 Å². The third-order valence-corrected chi connectivity index (χ3v) is 4.88. The van der Waals surface area contributed by atoms with Gasteiger partial charge in [-0.2, -0.15) is 0 Å². The number of benzene rings is 1. The van der Waals surface area contributed by atoms with Crippen LogP contribution >= 0.6 is 11.3 Å². The van der Waals surface area contributed by atoms with Gasteiger partial charge in [0.15, 0.2) is 11.5 Å². The maximum atomic E-state index is 5.90. The lowest BCUT2D eigenvalue weighted by Crippen LogP contribution is -2.14. The minimum atomic E-state index is 0.552. The van der Waals surface area contributed by atoms with E-state index in [-0.39, 0.29) is 0 Å². The first-order valence-corrected chi connectivity index (χ1v) is 8.86. The van der Waals surface area contributed by atoms with Crippen LogP contribution in [-0.2, 0) is 0 Å². The summed E-state index contributed by atoms with van der Waals surface area (Å²) in [7, 11) is 3.61. The van der Waals surface area contributed by atoms with Crippen molar-refractivity contribution in [1.29, 1.82) is 0 Å². The van der Waals surface area contributed by atoms with E-state index in [1.807, 2.05) is 37.3 Å². The Labute approximate surface area is 146 Å². The van der Waals surface area contributed by atoms with Gasteiger partial charge < -0.3 is 14.4 Å². The highest BCUT2D eigenvalue weighted by Crippen LogP contribution is 2.44. The van der Waals surface area contributed by atoms with Crippen molar-refractivity contribution >= 4 is 23.4 Å². The SMILES string of the molecule is CCN(C)/C=N/c1cc(OC)c(Oc2nnc(C3CC3)s2)cc1C. The molecule has 1 saturated carbocycles. The maximum Gasteiger partial charge on any atom is 0.299 e. The fourth-order valence-electron chi connectivity index (χ4n) is 2.12. The Morgan fingerprint density at radius 3 is 2.79 bits per heavy atom. The van der Waals surface area contributed by atoms with Gasteiger partial charge in [0, 0.05) is 25.6 Å². The van der Waals surface area contributed by atoms with Gasteiger partial charge in [-0.05, 0) is 38.3 Å². The minimum Gasteiger partial charge on any atom is -0.493 e. The molecule has 3 rings (SSSR count). The lowest BCUT2D eigenvalue weighted by molar-refractivity contribution is 0.377. The van der Waals surface area contributed by atoms with Crippen molar-refractivity contribution in [3.8, 4) is 16.7 Å². The van der Waals surface area contributed by atoms with Crippen LogP contribution in [0.2, 0.25) is 0 Å². The summed E-state index contributed by atoms with van der Waals surface area (Å²) in [5.41, 5.74) is 1.87. The van der Waals surface area contributed by atoms with Crippen LogP contribution in [0.3, 0.4) is 0 Å². The van der Waals surface area contributed by atoms with Crippen LogP contribution < -0.4 is 9.47 Å². The Balaban J connectivity index is 1.81. The van der Waals surface area contributed by atoms with E-state index in [1.165, 1.54) is 24.2 Å². The smallest absolute Gasteiger partial charge is 0.299 e. The summed E-state index contributed by atoms with van der Waals surface area (Å²) in [4.78, 5) is 6.52. The van der Waals surface area contributed by atoms with Gasteiger partial charge >= 0.3 is 0 Å². The van der Waals surface area contributed by atoms with Crippen LogP contribution in [0.1, 0.15) is 36.3 Å². The topological polar surface area (TPSA) is 59.8 Å². The number of rotatable bonds is 7. The molecule has 0 spiro atoms. The van der Waals surface area contributed by atoms with Crippen LogP contribution in [0.25, 0.3) is 0 Å². The highest BCUT2D eigenvalue weighted by Gasteiger charge is 2.28. The van der Waals surface area contributed by atoms with Gasteiger partial charge in [-0.3, -0.25) is 0 Å². The van der Waals surface area contributed by atoms with Crippen molar-refractivity contribution in [2.24, 2.45) is 4.99 Å². The lowest BCUT2D eigenvalue weighted by atomic mass is 10.2. The molecule has 1 aromatic heterocycles. The summed E-state index contributed by atoms with van der Waals surface area (Å²) in [6.45, 7) is 4.98. The Morgan fingerprint density at radius 2 is 2.12 bits per heavy atom. The molecular weight excluding hydrogens is 324 g/mol. The highest BCUT2D eigenvalue weighted by molar-refractivity contribution is 7.13. The second-order valence-corrected chi connectivity index (χ2v) is 6.86. The summed E-state index contributed by atoms with van der Waals surface area (Å²) < 4.78 is 11.4. The number of nitrogens with zero attached hydrogens (tertiary/aromatic N) is 4. The van der Waals surface area contributed by atoms with E-state index < -0.39 is 0 Å². The predicted octanol–water partition coefficient (Wildman–Crippen LogP) is 4.14. The average molecular weight is 346 g/mol. The van der Waals surface area contributed by atoms with Gasteiger partial charge in [-0.25, -0.2) is 4.99 Å². The van der Waals surface area contributed by atoms with Crippen LogP contribution in [0.4, 0.5) is 5.69 Å². The van der Waals surface area contributed by atoms with Crippen LogP contribution in [-0.4, -0.2) is 42.1 Å². The van der Waals surface area contributed by atoms with Gasteiger partial charge in [0.2, 0.25) is 0 Å². The molecule has 1 aromatic carbocycles. The van der Waals surface area contributed by atoms with Gasteiger partial charge in [0.1, 0.15) is 5.01 Å². The first kappa shape index (κ1) is 16.7. The molecule has 1 aliphatic rings. The van der Waals surface area contributed by atoms with Gasteiger partial charge in [0.25, 0.3) is 5.19 Å². The fraction of sp³-hybridized carbons (Fsp3) is 0.471. The number of ether oxygens (including phenoxy) is 2. The zero-order valence-corrected chi connectivity index (χ0v) is 15.3. The largest absolute Gasteiger partial charge is 0.493 e. The number of aromatic nitrogens is 2. The van der Waals surface area contributed by atoms with E-state index in [2.05, 4.69) is 22.1 Å². The first-order chi connectivity index (χ1) is 11.6. The third-order valence-electron chi connectivity index (χ3n) is 3.92. The van der Waals surface area contributed by atoms with E-state index in [0.29, 0.717) is 22.6 Å². The molecule has 0 amide bonds. The van der Waals surface area contributed by atoms with Gasteiger partial charge in [-0.15, -0.1) is 5.10 Å². The van der Waals surface area contributed by atoms with Crippen LogP contribution in [0, 0.1) is 6.92 Å². The van der Waals surface area contributed by atoms with Crippen molar-refractivity contribution in [3.05, 3.63) is 22.7 Å². The first-order valence-electron chi connectivity index (χ1n) is 8.05. The second-order valence-electron chi connectivity index (χ2n) is 5.89. The Bertz CT molecular complexity index is 740. The summed E-state index contributed by atoms with van der Waals surface area (Å²) in [5, 5.41) is 9.94. The quantitative estimate of drug-likeness (QED) is 0.557. The maximum absolute atomic E-state index is 5.90. The monoisotopic (exact) mass is 346 g/mol. The summed E-state index contributed by atoms with van der Waals surface area (Å²) in [6, 6.07) is 3.81.